The normalized spacial score (nSPS) is 18.4. The number of unbranched alkanes of at least 4 members (excludes halogenated alkanes) is 1. The molecule has 0 radical (unpaired) electrons. The van der Waals surface area contributed by atoms with Gasteiger partial charge < -0.3 is 0 Å². The van der Waals surface area contributed by atoms with Crippen LogP contribution in [0.1, 0.15) is 106 Å². The van der Waals surface area contributed by atoms with Gasteiger partial charge in [0.2, 0.25) is 0 Å². The van der Waals surface area contributed by atoms with Crippen molar-refractivity contribution >= 4 is 0 Å². The van der Waals surface area contributed by atoms with Crippen LogP contribution in [-0.2, 0) is 12.8 Å². The first kappa shape index (κ1) is 25.2. The summed E-state index contributed by atoms with van der Waals surface area (Å²) in [6.07, 6.45) is 10.4. The van der Waals surface area contributed by atoms with Crippen LogP contribution >= 0.6 is 0 Å². The van der Waals surface area contributed by atoms with Gasteiger partial charge in [0, 0.05) is 0 Å². The van der Waals surface area contributed by atoms with Gasteiger partial charge in [-0.25, -0.2) is 0 Å². The lowest BCUT2D eigenvalue weighted by molar-refractivity contribution is 0.328. The molecule has 0 heterocycles. The van der Waals surface area contributed by atoms with Crippen molar-refractivity contribution < 1.29 is 0 Å². The molecule has 2 aromatic carbocycles. The Morgan fingerprint density at radius 2 is 1.74 bits per heavy atom. The van der Waals surface area contributed by atoms with Crippen molar-refractivity contribution in [3.63, 3.8) is 0 Å². The zero-order valence-corrected chi connectivity index (χ0v) is 20.8. The van der Waals surface area contributed by atoms with Crippen LogP contribution in [0, 0.1) is 37.0 Å². The molecule has 1 aliphatic rings. The summed E-state index contributed by atoms with van der Waals surface area (Å²) in [5, 5.41) is 9.30. The van der Waals surface area contributed by atoms with Crippen LogP contribution in [0.2, 0.25) is 0 Å². The third kappa shape index (κ3) is 6.70. The van der Waals surface area contributed by atoms with Crippen molar-refractivity contribution in [3.8, 4) is 6.07 Å². The van der Waals surface area contributed by atoms with Gasteiger partial charge in [0.25, 0.3) is 0 Å². The quantitative estimate of drug-likeness (QED) is 0.394. The highest BCUT2D eigenvalue weighted by atomic mass is 14.3. The summed E-state index contributed by atoms with van der Waals surface area (Å²) in [5.41, 5.74) is 7.93. The lowest BCUT2D eigenvalue weighted by Gasteiger charge is -2.35. The molecule has 1 aliphatic carbocycles. The van der Waals surface area contributed by atoms with E-state index >= 15 is 0 Å². The van der Waals surface area contributed by atoms with Gasteiger partial charge in [0.15, 0.2) is 0 Å². The molecular formula is C30H43N. The number of hydrogen-bond acceptors (Lipinski definition) is 1. The number of benzene rings is 2. The number of rotatable bonds is 8. The van der Waals surface area contributed by atoms with Gasteiger partial charge >= 0.3 is 0 Å². The number of hydrogen-bond donors (Lipinski definition) is 0. The fraction of sp³-hybridized carbons (Fsp3) is 0.567. The molecular weight excluding hydrogens is 374 g/mol. The summed E-state index contributed by atoms with van der Waals surface area (Å²) >= 11 is 0. The summed E-state index contributed by atoms with van der Waals surface area (Å²) in [5.74, 6) is 2.24. The summed E-state index contributed by atoms with van der Waals surface area (Å²) in [4.78, 5) is 0. The molecule has 0 saturated carbocycles. The lowest BCUT2D eigenvalue weighted by atomic mass is 9.70. The van der Waals surface area contributed by atoms with Crippen molar-refractivity contribution in [2.24, 2.45) is 11.8 Å². The largest absolute Gasteiger partial charge is 0.192 e. The lowest BCUT2D eigenvalue weighted by Crippen LogP contribution is -2.23. The third-order valence-electron chi connectivity index (χ3n) is 7.28. The van der Waals surface area contributed by atoms with Gasteiger partial charge in [-0.15, -0.1) is 0 Å². The molecule has 0 aromatic heterocycles. The van der Waals surface area contributed by atoms with Crippen LogP contribution in [0.5, 0.6) is 0 Å². The van der Waals surface area contributed by atoms with E-state index in [1.807, 2.05) is 13.8 Å². The molecule has 0 fully saturated rings. The second-order valence-electron chi connectivity index (χ2n) is 9.31. The van der Waals surface area contributed by atoms with Gasteiger partial charge in [0.05, 0.1) is 11.6 Å². The molecule has 31 heavy (non-hydrogen) atoms. The van der Waals surface area contributed by atoms with Gasteiger partial charge in [0.1, 0.15) is 0 Å². The molecule has 2 unspecified atom stereocenters. The molecule has 0 amide bonds. The smallest absolute Gasteiger partial charge is 0.0991 e. The number of nitriles is 1. The Morgan fingerprint density at radius 3 is 2.39 bits per heavy atom. The molecule has 3 rings (SSSR count). The van der Waals surface area contributed by atoms with Gasteiger partial charge in [-0.1, -0.05) is 77.6 Å². The van der Waals surface area contributed by atoms with E-state index in [1.165, 1.54) is 61.6 Å². The maximum atomic E-state index is 9.30. The molecule has 0 N–H and O–H groups in total. The highest BCUT2D eigenvalue weighted by molar-refractivity contribution is 5.44. The van der Waals surface area contributed by atoms with Gasteiger partial charge in [-0.3, -0.25) is 0 Å². The minimum Gasteiger partial charge on any atom is -0.192 e. The fourth-order valence-electron chi connectivity index (χ4n) is 5.25. The highest BCUT2D eigenvalue weighted by Gasteiger charge is 2.30. The molecule has 168 valence electrons. The molecule has 0 spiro atoms. The molecule has 1 nitrogen and oxygen atoms in total. The van der Waals surface area contributed by atoms with Crippen molar-refractivity contribution in [1.29, 1.82) is 5.26 Å². The molecule has 0 saturated heterocycles. The van der Waals surface area contributed by atoms with E-state index in [0.29, 0.717) is 5.92 Å². The van der Waals surface area contributed by atoms with Crippen LogP contribution in [0.15, 0.2) is 36.4 Å². The van der Waals surface area contributed by atoms with Crippen molar-refractivity contribution in [2.75, 3.05) is 0 Å². The predicted octanol–water partition coefficient (Wildman–Crippen LogP) is 8.70. The maximum Gasteiger partial charge on any atom is 0.0991 e. The van der Waals surface area contributed by atoms with E-state index in [2.05, 4.69) is 70.2 Å². The first-order valence-electron chi connectivity index (χ1n) is 12.6. The standard InChI is InChI=1S/C28H37N.C2H6/c1-5-20(2)10-6-7-12-25-15-14-24-11-8-9-13-26(24)28(25)18-27-21(3)16-23(19-29)17-22(27)4;1-2/h8-9,11,13,16-17,20,25,28H,5-7,10,12,14-15,18H2,1-4H3;1-2H3/t20?,25?,28-;/m1./s1. The zero-order chi connectivity index (χ0) is 22.8. The van der Waals surface area contributed by atoms with E-state index in [1.54, 1.807) is 11.1 Å². The Hall–Kier alpha value is -2.07. The van der Waals surface area contributed by atoms with E-state index in [9.17, 15) is 5.26 Å². The molecule has 0 aliphatic heterocycles. The Morgan fingerprint density at radius 1 is 1.06 bits per heavy atom. The van der Waals surface area contributed by atoms with E-state index in [0.717, 1.165) is 23.8 Å². The Labute approximate surface area is 191 Å². The average molecular weight is 418 g/mol. The molecule has 2 aromatic rings. The predicted molar refractivity (Wildman–Crippen MR) is 135 cm³/mol. The first-order chi connectivity index (χ1) is 15.0. The third-order valence-corrected chi connectivity index (χ3v) is 7.28. The SMILES string of the molecule is CC.CCC(C)CCCCC1CCc2ccccc2[C@@H]1Cc1c(C)cc(C#N)cc1C. The zero-order valence-electron chi connectivity index (χ0n) is 20.8. The van der Waals surface area contributed by atoms with Crippen molar-refractivity contribution in [1.82, 2.24) is 0 Å². The van der Waals surface area contributed by atoms with Crippen LogP contribution in [0.25, 0.3) is 0 Å². The van der Waals surface area contributed by atoms with Crippen molar-refractivity contribution in [2.45, 2.75) is 98.8 Å². The topological polar surface area (TPSA) is 23.8 Å². The Kier molecular flexibility index (Phi) is 10.3. The summed E-state index contributed by atoms with van der Waals surface area (Å²) in [6, 6.07) is 15.6. The number of fused-ring (bicyclic) bond motifs is 1. The Balaban J connectivity index is 0.00000166. The second kappa shape index (κ2) is 12.7. The minimum atomic E-state index is 0.605. The summed E-state index contributed by atoms with van der Waals surface area (Å²) in [6.45, 7) is 13.1. The van der Waals surface area contributed by atoms with E-state index in [4.69, 9.17) is 0 Å². The van der Waals surface area contributed by atoms with Crippen LogP contribution in [0.3, 0.4) is 0 Å². The monoisotopic (exact) mass is 417 g/mol. The maximum absolute atomic E-state index is 9.30. The molecule has 1 heteroatoms. The summed E-state index contributed by atoms with van der Waals surface area (Å²) < 4.78 is 0. The molecule has 0 bridgehead atoms. The second-order valence-corrected chi connectivity index (χ2v) is 9.31. The van der Waals surface area contributed by atoms with Crippen LogP contribution in [-0.4, -0.2) is 0 Å². The molecule has 3 atom stereocenters. The number of aryl methyl sites for hydroxylation is 3. The van der Waals surface area contributed by atoms with E-state index in [-0.39, 0.29) is 0 Å². The van der Waals surface area contributed by atoms with Gasteiger partial charge in [-0.2, -0.15) is 5.26 Å². The van der Waals surface area contributed by atoms with Crippen LogP contribution < -0.4 is 0 Å². The minimum absolute atomic E-state index is 0.605. The van der Waals surface area contributed by atoms with E-state index < -0.39 is 0 Å². The van der Waals surface area contributed by atoms with Crippen molar-refractivity contribution in [3.05, 3.63) is 69.8 Å². The average Bonchev–Trinajstić information content (AvgIpc) is 2.80. The summed E-state index contributed by atoms with van der Waals surface area (Å²) in [7, 11) is 0. The fourth-order valence-corrected chi connectivity index (χ4v) is 5.25. The first-order valence-corrected chi connectivity index (χ1v) is 12.6. The number of nitrogens with zero attached hydrogens (tertiary/aromatic N) is 1. The van der Waals surface area contributed by atoms with Crippen LogP contribution in [0.4, 0.5) is 0 Å². The highest BCUT2D eigenvalue weighted by Crippen LogP contribution is 2.42. The Bertz CT molecular complexity index is 834. The van der Waals surface area contributed by atoms with Gasteiger partial charge in [-0.05, 0) is 97.2 Å².